The summed E-state index contributed by atoms with van der Waals surface area (Å²) in [6, 6.07) is 10.6. The van der Waals surface area contributed by atoms with E-state index in [2.05, 4.69) is 39.2 Å². The van der Waals surface area contributed by atoms with E-state index in [0.29, 0.717) is 11.3 Å². The zero-order valence-corrected chi connectivity index (χ0v) is 22.5. The van der Waals surface area contributed by atoms with Crippen LogP contribution >= 0.6 is 0 Å². The molecule has 0 radical (unpaired) electrons. The van der Waals surface area contributed by atoms with Crippen LogP contribution in [0.2, 0.25) is 18.1 Å². The molecule has 1 saturated heterocycles. The van der Waals surface area contributed by atoms with Crippen LogP contribution in [0, 0.1) is 5.41 Å². The molecule has 2 aromatic carbocycles. The van der Waals surface area contributed by atoms with Gasteiger partial charge in [-0.1, -0.05) is 45.0 Å². The molecule has 2 fully saturated rings. The standard InChI is InChI=1S/C27H31F5N2O2Si/c1-23(2,3)37(4,5)36-18-11-9-17(10-12-18)26(34-15-24(16-34)13-25(28,29)14-24)19-7-6-8-20(27(30,31)32)21(19)33-22(26)35/h6-12H,13-16H2,1-5H3,(H,33,35). The van der Waals surface area contributed by atoms with Gasteiger partial charge in [0.2, 0.25) is 14.2 Å². The van der Waals surface area contributed by atoms with Crippen molar-refractivity contribution in [3.63, 3.8) is 0 Å². The van der Waals surface area contributed by atoms with Gasteiger partial charge in [0, 0.05) is 36.9 Å². The van der Waals surface area contributed by atoms with Gasteiger partial charge in [-0.3, -0.25) is 9.69 Å². The first-order valence-electron chi connectivity index (χ1n) is 12.4. The molecule has 1 N–H and O–H groups in total. The van der Waals surface area contributed by atoms with E-state index in [4.69, 9.17) is 4.43 Å². The van der Waals surface area contributed by atoms with E-state index in [-0.39, 0.29) is 42.2 Å². The van der Waals surface area contributed by atoms with Crippen molar-refractivity contribution >= 4 is 19.9 Å². The second kappa shape index (κ2) is 7.78. The van der Waals surface area contributed by atoms with E-state index < -0.39 is 42.8 Å². The third kappa shape index (κ3) is 3.98. The summed E-state index contributed by atoms with van der Waals surface area (Å²) < 4.78 is 75.3. The number of likely N-dealkylation sites (tertiary alicyclic amines) is 1. The van der Waals surface area contributed by atoms with Crippen LogP contribution in [0.3, 0.4) is 0 Å². The Hall–Kier alpha value is -2.46. The minimum absolute atomic E-state index is 0.0397. The Morgan fingerprint density at radius 1 is 0.973 bits per heavy atom. The zero-order chi connectivity index (χ0) is 27.2. The highest BCUT2D eigenvalue weighted by molar-refractivity contribution is 6.74. The lowest BCUT2D eigenvalue weighted by Crippen LogP contribution is -2.71. The van der Waals surface area contributed by atoms with Gasteiger partial charge < -0.3 is 9.74 Å². The quantitative estimate of drug-likeness (QED) is 0.336. The van der Waals surface area contributed by atoms with Gasteiger partial charge in [-0.15, -0.1) is 0 Å². The number of anilines is 1. The molecule has 2 aliphatic heterocycles. The highest BCUT2D eigenvalue weighted by atomic mass is 28.4. The fraction of sp³-hybridized carbons (Fsp3) is 0.519. The number of alkyl halides is 5. The highest BCUT2D eigenvalue weighted by Crippen LogP contribution is 2.61. The maximum absolute atomic E-state index is 13.8. The molecule has 1 aliphatic carbocycles. The number of halogens is 5. The molecule has 1 amide bonds. The summed E-state index contributed by atoms with van der Waals surface area (Å²) in [6.07, 6.45) is -5.21. The van der Waals surface area contributed by atoms with Crippen molar-refractivity contribution in [1.29, 1.82) is 0 Å². The second-order valence-electron chi connectivity index (χ2n) is 12.3. The molecule has 1 unspecified atom stereocenters. The van der Waals surface area contributed by atoms with Crippen molar-refractivity contribution in [3.05, 3.63) is 59.2 Å². The molecule has 1 saturated carbocycles. The highest BCUT2D eigenvalue weighted by Gasteiger charge is 2.67. The molecular weight excluding hydrogens is 507 g/mol. The topological polar surface area (TPSA) is 41.6 Å². The zero-order valence-electron chi connectivity index (χ0n) is 21.5. The van der Waals surface area contributed by atoms with Crippen molar-refractivity contribution < 1.29 is 31.2 Å². The summed E-state index contributed by atoms with van der Waals surface area (Å²) in [4.78, 5) is 15.4. The van der Waals surface area contributed by atoms with Crippen molar-refractivity contribution in [2.24, 2.45) is 5.41 Å². The average Bonchev–Trinajstić information content (AvgIpc) is 3.01. The molecule has 200 valence electrons. The number of nitrogens with zero attached hydrogens (tertiary/aromatic N) is 1. The molecule has 0 bridgehead atoms. The third-order valence-electron chi connectivity index (χ3n) is 8.57. The van der Waals surface area contributed by atoms with Gasteiger partial charge in [-0.05, 0) is 41.9 Å². The van der Waals surface area contributed by atoms with Gasteiger partial charge >= 0.3 is 6.18 Å². The second-order valence-corrected chi connectivity index (χ2v) is 17.1. The normalized spacial score (nSPS) is 24.8. The van der Waals surface area contributed by atoms with E-state index in [1.165, 1.54) is 12.1 Å². The van der Waals surface area contributed by atoms with Gasteiger partial charge in [0.15, 0.2) is 5.54 Å². The number of para-hydroxylation sites is 1. The first-order valence-corrected chi connectivity index (χ1v) is 15.3. The number of carbonyl (C=O) groups excluding carboxylic acids is 1. The molecule has 1 spiro atoms. The summed E-state index contributed by atoms with van der Waals surface area (Å²) in [5.41, 5.74) is -2.71. The predicted octanol–water partition coefficient (Wildman–Crippen LogP) is 7.02. The lowest BCUT2D eigenvalue weighted by atomic mass is 9.59. The first kappa shape index (κ1) is 26.2. The SMILES string of the molecule is CC(C)(C)[Si](C)(C)Oc1ccc(C2(N3CC4(C3)CC(F)(F)C4)C(=O)Nc3c(C(F)(F)F)cccc32)cc1. The van der Waals surface area contributed by atoms with Crippen LogP contribution in [0.1, 0.15) is 50.3 Å². The smallest absolute Gasteiger partial charge is 0.418 e. The van der Waals surface area contributed by atoms with Crippen LogP contribution in [0.15, 0.2) is 42.5 Å². The number of amides is 1. The maximum Gasteiger partial charge on any atom is 0.418 e. The van der Waals surface area contributed by atoms with Crippen molar-refractivity contribution in [3.8, 4) is 5.75 Å². The Balaban J connectivity index is 1.57. The summed E-state index contributed by atoms with van der Waals surface area (Å²) in [5.74, 6) is -2.73. The Bertz CT molecular complexity index is 1240. The molecular formula is C27H31F5N2O2Si. The summed E-state index contributed by atoms with van der Waals surface area (Å²) in [5, 5.41) is 2.45. The lowest BCUT2D eigenvalue weighted by molar-refractivity contribution is -0.226. The van der Waals surface area contributed by atoms with Gasteiger partial charge in [-0.25, -0.2) is 8.78 Å². The van der Waals surface area contributed by atoms with Gasteiger partial charge in [0.1, 0.15) is 5.75 Å². The molecule has 2 heterocycles. The van der Waals surface area contributed by atoms with Crippen molar-refractivity contribution in [2.75, 3.05) is 18.4 Å². The fourth-order valence-electron chi connectivity index (χ4n) is 5.82. The van der Waals surface area contributed by atoms with Crippen LogP contribution in [-0.4, -0.2) is 38.1 Å². The maximum atomic E-state index is 13.8. The summed E-state index contributed by atoms with van der Waals surface area (Å²) in [7, 11) is -2.15. The van der Waals surface area contributed by atoms with Crippen LogP contribution in [0.4, 0.5) is 27.6 Å². The lowest BCUT2D eigenvalue weighted by Gasteiger charge is -2.62. The number of nitrogens with one attached hydrogen (secondary N) is 1. The monoisotopic (exact) mass is 538 g/mol. The summed E-state index contributed by atoms with van der Waals surface area (Å²) >= 11 is 0. The number of hydrogen-bond donors (Lipinski definition) is 1. The van der Waals surface area contributed by atoms with Crippen LogP contribution < -0.4 is 9.74 Å². The van der Waals surface area contributed by atoms with Gasteiger partial charge in [0.05, 0.1) is 11.3 Å². The number of carbonyl (C=O) groups is 1. The molecule has 4 nitrogen and oxygen atoms in total. The molecule has 3 aliphatic rings. The number of rotatable bonds is 4. The Labute approximate surface area is 214 Å². The third-order valence-corrected chi connectivity index (χ3v) is 12.9. The van der Waals surface area contributed by atoms with Crippen molar-refractivity contribution in [2.45, 2.75) is 69.4 Å². The van der Waals surface area contributed by atoms with E-state index in [1.807, 2.05) is 0 Å². The van der Waals surface area contributed by atoms with E-state index >= 15 is 0 Å². The van der Waals surface area contributed by atoms with Gasteiger partial charge in [0.25, 0.3) is 5.91 Å². The number of hydrogen-bond acceptors (Lipinski definition) is 3. The first-order chi connectivity index (χ1) is 16.9. The number of benzene rings is 2. The van der Waals surface area contributed by atoms with Crippen LogP contribution in [0.5, 0.6) is 5.75 Å². The predicted molar refractivity (Wildman–Crippen MR) is 133 cm³/mol. The Kier molecular flexibility index (Phi) is 5.50. The van der Waals surface area contributed by atoms with E-state index in [9.17, 15) is 26.7 Å². The van der Waals surface area contributed by atoms with E-state index in [1.54, 1.807) is 29.2 Å². The Morgan fingerprint density at radius 3 is 2.08 bits per heavy atom. The van der Waals surface area contributed by atoms with Crippen LogP contribution in [0.25, 0.3) is 0 Å². The largest absolute Gasteiger partial charge is 0.544 e. The molecule has 5 rings (SSSR count). The molecule has 10 heteroatoms. The molecule has 37 heavy (non-hydrogen) atoms. The summed E-state index contributed by atoms with van der Waals surface area (Å²) in [6.45, 7) is 11.0. The minimum Gasteiger partial charge on any atom is -0.544 e. The average molecular weight is 539 g/mol. The van der Waals surface area contributed by atoms with Crippen LogP contribution in [-0.2, 0) is 16.5 Å². The molecule has 1 atom stereocenters. The van der Waals surface area contributed by atoms with Gasteiger partial charge in [-0.2, -0.15) is 13.2 Å². The van der Waals surface area contributed by atoms with E-state index in [0.717, 1.165) is 6.07 Å². The molecule has 0 aromatic heterocycles. The van der Waals surface area contributed by atoms with Crippen molar-refractivity contribution in [1.82, 2.24) is 4.90 Å². The Morgan fingerprint density at radius 2 is 1.57 bits per heavy atom. The fourth-order valence-corrected chi connectivity index (χ4v) is 6.85. The molecule has 2 aromatic rings. The minimum atomic E-state index is -4.66. The number of fused-ring (bicyclic) bond motifs is 1.